The molecule has 0 aromatic heterocycles. The van der Waals surface area contributed by atoms with Crippen molar-refractivity contribution < 1.29 is 19.1 Å². The fourth-order valence-corrected chi connectivity index (χ4v) is 1.94. The molecule has 0 fully saturated rings. The van der Waals surface area contributed by atoms with Gasteiger partial charge in [0.15, 0.2) is 5.78 Å². The number of ketones is 1. The molecule has 1 aromatic carbocycles. The summed E-state index contributed by atoms with van der Waals surface area (Å²) in [6, 6.07) is 8.39. The number of hydrogen-bond donors (Lipinski definition) is 1. The third kappa shape index (κ3) is 6.51. The first-order valence-corrected chi connectivity index (χ1v) is 7.16. The van der Waals surface area contributed by atoms with Gasteiger partial charge in [0.25, 0.3) is 0 Å². The largest absolute Gasteiger partial charge is 0.466 e. The minimum Gasteiger partial charge on any atom is -0.466 e. The standard InChI is InChI=1S/C16H23NO4/c1-3-21-15(18)12-14(17-10-7-11-20-2)16(19)13-8-5-4-6-9-13/h4-6,8-9,14,17H,3,7,10-12H2,1-2H3. The molecule has 0 spiro atoms. The second-order valence-electron chi connectivity index (χ2n) is 4.59. The van der Waals surface area contributed by atoms with Gasteiger partial charge < -0.3 is 14.8 Å². The SMILES string of the molecule is CCOC(=O)CC(NCCCOC)C(=O)c1ccccc1. The van der Waals surface area contributed by atoms with Gasteiger partial charge in [-0.05, 0) is 19.9 Å². The lowest BCUT2D eigenvalue weighted by Gasteiger charge is -2.17. The quantitative estimate of drug-likeness (QED) is 0.405. The molecular weight excluding hydrogens is 270 g/mol. The summed E-state index contributed by atoms with van der Waals surface area (Å²) in [4.78, 5) is 24.1. The van der Waals surface area contributed by atoms with Crippen molar-refractivity contribution >= 4 is 11.8 Å². The normalized spacial score (nSPS) is 11.9. The lowest BCUT2D eigenvalue weighted by atomic mass is 10.0. The van der Waals surface area contributed by atoms with Gasteiger partial charge >= 0.3 is 5.97 Å². The zero-order chi connectivity index (χ0) is 15.5. The third-order valence-corrected chi connectivity index (χ3v) is 2.97. The molecule has 0 aliphatic carbocycles. The monoisotopic (exact) mass is 293 g/mol. The molecule has 1 unspecified atom stereocenters. The summed E-state index contributed by atoms with van der Waals surface area (Å²) < 4.78 is 9.90. The van der Waals surface area contributed by atoms with Gasteiger partial charge in [-0.3, -0.25) is 9.59 Å². The van der Waals surface area contributed by atoms with Crippen LogP contribution in [0.1, 0.15) is 30.1 Å². The average molecular weight is 293 g/mol. The van der Waals surface area contributed by atoms with E-state index >= 15 is 0 Å². The van der Waals surface area contributed by atoms with Crippen LogP contribution in [0.3, 0.4) is 0 Å². The number of hydrogen-bond acceptors (Lipinski definition) is 5. The first kappa shape index (κ1) is 17.3. The Morgan fingerprint density at radius 1 is 1.24 bits per heavy atom. The summed E-state index contributed by atoms with van der Waals surface area (Å²) in [5, 5.41) is 3.11. The summed E-state index contributed by atoms with van der Waals surface area (Å²) in [6.45, 7) is 3.28. The van der Waals surface area contributed by atoms with Crippen molar-refractivity contribution in [2.45, 2.75) is 25.8 Å². The number of methoxy groups -OCH3 is 1. The molecule has 5 heteroatoms. The van der Waals surface area contributed by atoms with Crippen LogP contribution < -0.4 is 5.32 Å². The van der Waals surface area contributed by atoms with Crippen LogP contribution in [0.2, 0.25) is 0 Å². The van der Waals surface area contributed by atoms with Gasteiger partial charge in [0.2, 0.25) is 0 Å². The van der Waals surface area contributed by atoms with Crippen molar-refractivity contribution in [3.63, 3.8) is 0 Å². The maximum atomic E-state index is 12.4. The average Bonchev–Trinajstić information content (AvgIpc) is 2.51. The Labute approximate surface area is 125 Å². The Morgan fingerprint density at radius 3 is 2.57 bits per heavy atom. The molecule has 1 aromatic rings. The molecule has 0 radical (unpaired) electrons. The van der Waals surface area contributed by atoms with E-state index in [2.05, 4.69) is 5.32 Å². The van der Waals surface area contributed by atoms with Crippen LogP contribution in [0.5, 0.6) is 0 Å². The summed E-state index contributed by atoms with van der Waals surface area (Å²) >= 11 is 0. The second-order valence-corrected chi connectivity index (χ2v) is 4.59. The van der Waals surface area contributed by atoms with Crippen LogP contribution in [0.4, 0.5) is 0 Å². The number of rotatable bonds is 10. The topological polar surface area (TPSA) is 64.6 Å². The molecular formula is C16H23NO4. The van der Waals surface area contributed by atoms with E-state index in [4.69, 9.17) is 9.47 Å². The third-order valence-electron chi connectivity index (χ3n) is 2.97. The number of carbonyl (C=O) groups is 2. The van der Waals surface area contributed by atoms with Gasteiger partial charge in [-0.1, -0.05) is 30.3 Å². The van der Waals surface area contributed by atoms with Crippen molar-refractivity contribution in [1.82, 2.24) is 5.32 Å². The van der Waals surface area contributed by atoms with Crippen molar-refractivity contribution in [2.24, 2.45) is 0 Å². The van der Waals surface area contributed by atoms with Crippen LogP contribution in [0, 0.1) is 0 Å². The molecule has 0 aliphatic heterocycles. The van der Waals surface area contributed by atoms with Crippen molar-refractivity contribution in [2.75, 3.05) is 26.9 Å². The highest BCUT2D eigenvalue weighted by Gasteiger charge is 2.23. The molecule has 116 valence electrons. The molecule has 0 amide bonds. The number of esters is 1. The van der Waals surface area contributed by atoms with E-state index < -0.39 is 6.04 Å². The maximum absolute atomic E-state index is 12.4. The molecule has 0 saturated heterocycles. The van der Waals surface area contributed by atoms with Gasteiger partial charge in [0, 0.05) is 19.3 Å². The number of benzene rings is 1. The van der Waals surface area contributed by atoms with Gasteiger partial charge in [-0.25, -0.2) is 0 Å². The molecule has 0 aliphatic rings. The summed E-state index contributed by atoms with van der Waals surface area (Å²) in [5.41, 5.74) is 0.589. The zero-order valence-corrected chi connectivity index (χ0v) is 12.6. The summed E-state index contributed by atoms with van der Waals surface area (Å²) in [6.07, 6.45) is 0.812. The highest BCUT2D eigenvalue weighted by molar-refractivity contribution is 6.01. The highest BCUT2D eigenvalue weighted by atomic mass is 16.5. The fourth-order valence-electron chi connectivity index (χ4n) is 1.94. The number of Topliss-reactive ketones (excluding diaryl/α,β-unsaturated/α-hetero) is 1. The minimum atomic E-state index is -0.566. The second kappa shape index (κ2) is 10.1. The zero-order valence-electron chi connectivity index (χ0n) is 12.6. The Kier molecular flexibility index (Phi) is 8.31. The summed E-state index contributed by atoms with van der Waals surface area (Å²) in [7, 11) is 1.63. The van der Waals surface area contributed by atoms with Crippen LogP contribution in [0.25, 0.3) is 0 Å². The Bertz CT molecular complexity index is 433. The van der Waals surface area contributed by atoms with Crippen molar-refractivity contribution in [3.8, 4) is 0 Å². The van der Waals surface area contributed by atoms with E-state index in [1.54, 1.807) is 38.3 Å². The maximum Gasteiger partial charge on any atom is 0.307 e. The molecule has 1 N–H and O–H groups in total. The van der Waals surface area contributed by atoms with Crippen LogP contribution >= 0.6 is 0 Å². The Hall–Kier alpha value is -1.72. The minimum absolute atomic E-state index is 0.0363. The first-order valence-electron chi connectivity index (χ1n) is 7.16. The van der Waals surface area contributed by atoms with E-state index in [1.807, 2.05) is 6.07 Å². The van der Waals surface area contributed by atoms with E-state index in [0.29, 0.717) is 25.3 Å². The van der Waals surface area contributed by atoms with Crippen molar-refractivity contribution in [3.05, 3.63) is 35.9 Å². The molecule has 1 atom stereocenters. The summed E-state index contributed by atoms with van der Waals surface area (Å²) in [5.74, 6) is -0.466. The lowest BCUT2D eigenvalue weighted by Crippen LogP contribution is -2.39. The molecule has 0 saturated carbocycles. The van der Waals surface area contributed by atoms with Gasteiger partial charge in [-0.15, -0.1) is 0 Å². The van der Waals surface area contributed by atoms with E-state index in [9.17, 15) is 9.59 Å². The van der Waals surface area contributed by atoms with E-state index in [1.165, 1.54) is 0 Å². The molecule has 0 bridgehead atoms. The predicted molar refractivity (Wildman–Crippen MR) is 80.3 cm³/mol. The Morgan fingerprint density at radius 2 is 1.95 bits per heavy atom. The van der Waals surface area contributed by atoms with E-state index in [-0.39, 0.29) is 18.2 Å². The predicted octanol–water partition coefficient (Wildman–Crippen LogP) is 1.82. The number of carbonyl (C=O) groups excluding carboxylic acids is 2. The smallest absolute Gasteiger partial charge is 0.307 e. The van der Waals surface area contributed by atoms with Crippen LogP contribution in [0.15, 0.2) is 30.3 Å². The lowest BCUT2D eigenvalue weighted by molar-refractivity contribution is -0.143. The first-order chi connectivity index (χ1) is 10.2. The van der Waals surface area contributed by atoms with Crippen LogP contribution in [-0.2, 0) is 14.3 Å². The Balaban J connectivity index is 2.66. The molecule has 21 heavy (non-hydrogen) atoms. The highest BCUT2D eigenvalue weighted by Crippen LogP contribution is 2.07. The number of nitrogens with one attached hydrogen (secondary N) is 1. The molecule has 0 heterocycles. The molecule has 1 rings (SSSR count). The van der Waals surface area contributed by atoms with Crippen molar-refractivity contribution in [1.29, 1.82) is 0 Å². The fraction of sp³-hybridized carbons (Fsp3) is 0.500. The van der Waals surface area contributed by atoms with E-state index in [0.717, 1.165) is 6.42 Å². The molecule has 5 nitrogen and oxygen atoms in total. The van der Waals surface area contributed by atoms with Gasteiger partial charge in [0.05, 0.1) is 19.1 Å². The number of ether oxygens (including phenoxy) is 2. The van der Waals surface area contributed by atoms with Gasteiger partial charge in [-0.2, -0.15) is 0 Å². The van der Waals surface area contributed by atoms with Gasteiger partial charge in [0.1, 0.15) is 0 Å². The van der Waals surface area contributed by atoms with Crippen LogP contribution in [-0.4, -0.2) is 44.7 Å².